The summed E-state index contributed by atoms with van der Waals surface area (Å²) in [6.07, 6.45) is 3.82. The molecule has 2 aromatic heterocycles. The predicted octanol–water partition coefficient (Wildman–Crippen LogP) is 7.21. The second-order valence-electron chi connectivity index (χ2n) is 14.8. The van der Waals surface area contributed by atoms with Gasteiger partial charge in [0.25, 0.3) is 0 Å². The van der Waals surface area contributed by atoms with Gasteiger partial charge in [0, 0.05) is 44.0 Å². The summed E-state index contributed by atoms with van der Waals surface area (Å²) in [5.41, 5.74) is 5.77. The highest BCUT2D eigenvalue weighted by atomic mass is 16.5. The number of nitrogens with one attached hydrogen (secondary N) is 3. The number of rotatable bonds is 14. The number of aromatic nitrogens is 4. The van der Waals surface area contributed by atoms with E-state index in [1.54, 1.807) is 0 Å². The predicted molar refractivity (Wildman–Crippen MR) is 201 cm³/mol. The fourth-order valence-corrected chi connectivity index (χ4v) is 6.11. The van der Waals surface area contributed by atoms with Crippen LogP contribution in [0.25, 0.3) is 33.6 Å². The maximum Gasteiger partial charge on any atom is 0.407 e. The number of imidazole rings is 2. The van der Waals surface area contributed by atoms with E-state index >= 15 is 0 Å². The number of carbonyl (C=O) groups is 3. The molecule has 4 rings (SSSR count). The van der Waals surface area contributed by atoms with Crippen molar-refractivity contribution in [1.29, 1.82) is 0 Å². The van der Waals surface area contributed by atoms with Gasteiger partial charge < -0.3 is 29.8 Å². The molecule has 4 aromatic rings. The first-order chi connectivity index (χ1) is 24.1. The molecule has 0 bridgehead atoms. The van der Waals surface area contributed by atoms with E-state index in [2.05, 4.69) is 78.3 Å². The van der Waals surface area contributed by atoms with Crippen molar-refractivity contribution >= 4 is 17.9 Å². The van der Waals surface area contributed by atoms with Crippen molar-refractivity contribution in [2.75, 3.05) is 7.11 Å². The molecule has 0 unspecified atom stereocenters. The number of amides is 3. The minimum atomic E-state index is -0.743. The molecule has 2 aromatic carbocycles. The molecule has 0 saturated carbocycles. The first-order valence-corrected chi connectivity index (χ1v) is 17.8. The molecular weight excluding hydrogens is 642 g/mol. The highest BCUT2D eigenvalue weighted by Gasteiger charge is 2.30. The summed E-state index contributed by atoms with van der Waals surface area (Å²) in [6.45, 7) is 16.1. The lowest BCUT2D eigenvalue weighted by atomic mass is 10.00. The minimum Gasteiger partial charge on any atom is -0.453 e. The second kappa shape index (κ2) is 16.9. The Hall–Kier alpha value is -4.93. The largest absolute Gasteiger partial charge is 0.453 e. The first kappa shape index (κ1) is 38.9. The van der Waals surface area contributed by atoms with Crippen LogP contribution >= 0.6 is 0 Å². The highest BCUT2D eigenvalue weighted by Crippen LogP contribution is 2.30. The van der Waals surface area contributed by atoms with Crippen molar-refractivity contribution in [1.82, 2.24) is 35.1 Å². The van der Waals surface area contributed by atoms with Gasteiger partial charge in [-0.15, -0.1) is 0 Å². The molecule has 0 aliphatic heterocycles. The van der Waals surface area contributed by atoms with Crippen LogP contribution in [0.4, 0.5) is 4.79 Å². The van der Waals surface area contributed by atoms with E-state index in [1.807, 2.05) is 77.2 Å². The highest BCUT2D eigenvalue weighted by molar-refractivity contribution is 5.86. The van der Waals surface area contributed by atoms with Crippen LogP contribution in [0, 0.1) is 23.7 Å². The molecule has 0 spiro atoms. The molecule has 2 heterocycles. The van der Waals surface area contributed by atoms with Crippen LogP contribution in [0.3, 0.4) is 0 Å². The van der Waals surface area contributed by atoms with E-state index in [0.717, 1.165) is 45.3 Å². The summed E-state index contributed by atoms with van der Waals surface area (Å²) in [5, 5.41) is 8.94. The van der Waals surface area contributed by atoms with E-state index in [9.17, 15) is 14.4 Å². The Kier molecular flexibility index (Phi) is 12.8. The summed E-state index contributed by atoms with van der Waals surface area (Å²) in [7, 11) is 5.18. The Bertz CT molecular complexity index is 1790. The van der Waals surface area contributed by atoms with Crippen LogP contribution < -0.4 is 16.0 Å². The lowest BCUT2D eigenvalue weighted by molar-refractivity contribution is -0.125. The molecule has 0 radical (unpaired) electrons. The molecule has 3 amide bonds. The summed E-state index contributed by atoms with van der Waals surface area (Å²) in [6, 6.07) is 15.3. The fraction of sp³-hybridized carbons (Fsp3) is 0.475. The van der Waals surface area contributed by atoms with Gasteiger partial charge in [0.15, 0.2) is 0 Å². The summed E-state index contributed by atoms with van der Waals surface area (Å²) < 4.78 is 8.67. The van der Waals surface area contributed by atoms with Crippen LogP contribution in [0.1, 0.15) is 85.5 Å². The van der Waals surface area contributed by atoms with Crippen LogP contribution in [0.2, 0.25) is 0 Å². The summed E-state index contributed by atoms with van der Waals surface area (Å²) in [5.74, 6) is 1.71. The molecule has 11 heteroatoms. The van der Waals surface area contributed by atoms with Gasteiger partial charge >= 0.3 is 6.09 Å². The van der Waals surface area contributed by atoms with Gasteiger partial charge in [0.1, 0.15) is 17.7 Å². The quantitative estimate of drug-likeness (QED) is 0.128. The van der Waals surface area contributed by atoms with Crippen molar-refractivity contribution < 1.29 is 19.1 Å². The third-order valence-corrected chi connectivity index (χ3v) is 9.02. The fourth-order valence-electron chi connectivity index (χ4n) is 6.11. The average molecular weight is 698 g/mol. The maximum absolute atomic E-state index is 13.3. The first-order valence-electron chi connectivity index (χ1n) is 17.8. The topological polar surface area (TPSA) is 132 Å². The monoisotopic (exact) mass is 697 g/mol. The lowest BCUT2D eigenvalue weighted by Gasteiger charge is -2.27. The molecule has 274 valence electrons. The number of hydrogen-bond donors (Lipinski definition) is 3. The summed E-state index contributed by atoms with van der Waals surface area (Å²) in [4.78, 5) is 47.7. The van der Waals surface area contributed by atoms with E-state index < -0.39 is 12.1 Å². The molecule has 11 nitrogen and oxygen atoms in total. The van der Waals surface area contributed by atoms with E-state index in [4.69, 9.17) is 14.7 Å². The maximum atomic E-state index is 13.3. The number of nitrogens with zero attached hydrogens (tertiary/aromatic N) is 4. The minimum absolute atomic E-state index is 0.0435. The van der Waals surface area contributed by atoms with Crippen molar-refractivity contribution in [2.45, 2.75) is 79.9 Å². The smallest absolute Gasteiger partial charge is 0.407 e. The van der Waals surface area contributed by atoms with Gasteiger partial charge in [0.2, 0.25) is 11.8 Å². The molecule has 0 fully saturated rings. The number of alkyl carbamates (subject to hydrolysis) is 1. The van der Waals surface area contributed by atoms with Crippen LogP contribution in [-0.4, -0.2) is 50.2 Å². The molecular formula is C40H55N7O4. The molecule has 0 saturated heterocycles. The second-order valence-corrected chi connectivity index (χ2v) is 14.8. The van der Waals surface area contributed by atoms with Crippen LogP contribution in [0.15, 0.2) is 60.9 Å². The van der Waals surface area contributed by atoms with Gasteiger partial charge in [-0.2, -0.15) is 0 Å². The van der Waals surface area contributed by atoms with Crippen LogP contribution in [0.5, 0.6) is 0 Å². The molecule has 3 atom stereocenters. The van der Waals surface area contributed by atoms with E-state index in [-0.39, 0.29) is 41.7 Å². The number of methoxy groups -OCH3 is 1. The lowest BCUT2D eigenvalue weighted by Crippen LogP contribution is -2.51. The zero-order valence-electron chi connectivity index (χ0n) is 31.9. The molecule has 0 aliphatic carbocycles. The molecule has 3 N–H and O–H groups in total. The van der Waals surface area contributed by atoms with Gasteiger partial charge in [0.05, 0.1) is 30.6 Å². The van der Waals surface area contributed by atoms with Gasteiger partial charge in [-0.3, -0.25) is 9.59 Å². The third-order valence-electron chi connectivity index (χ3n) is 9.02. The Morgan fingerprint density at radius 1 is 0.627 bits per heavy atom. The van der Waals surface area contributed by atoms with Gasteiger partial charge in [-0.1, -0.05) is 104 Å². The number of aryl methyl sites for hydroxylation is 2. The Balaban J connectivity index is 1.50. The standard InChI is InChI=1S/C40H55N7O4/c1-23(2)20-33(48)43-34(24(3)4)37-41-31(21-46(37)9)29-16-12-27(13-17-29)28-14-18-30(19-15-28)32-22-47(10)38(42-32)35(25(5)6)44-39(49)36(26(7)8)45-40(50)51-11/h12-19,21-26,34-36H,20H2,1-11H3,(H,43,48)(H,44,49)(H,45,50)/t34-,35-,36+/m0/s1. The molecule has 51 heavy (non-hydrogen) atoms. The van der Waals surface area contributed by atoms with Crippen molar-refractivity contribution in [2.24, 2.45) is 37.8 Å². The van der Waals surface area contributed by atoms with Crippen LogP contribution in [-0.2, 0) is 28.4 Å². The van der Waals surface area contributed by atoms with Crippen molar-refractivity contribution in [3.8, 4) is 33.6 Å². The Morgan fingerprint density at radius 2 is 1.04 bits per heavy atom. The van der Waals surface area contributed by atoms with E-state index in [1.165, 1.54) is 7.11 Å². The number of hydrogen-bond acceptors (Lipinski definition) is 6. The normalized spacial score (nSPS) is 13.4. The zero-order valence-corrected chi connectivity index (χ0v) is 31.9. The Morgan fingerprint density at radius 3 is 1.41 bits per heavy atom. The number of benzene rings is 2. The summed E-state index contributed by atoms with van der Waals surface area (Å²) >= 11 is 0. The van der Waals surface area contributed by atoms with Crippen molar-refractivity contribution in [3.63, 3.8) is 0 Å². The van der Waals surface area contributed by atoms with Gasteiger partial charge in [-0.25, -0.2) is 14.8 Å². The SMILES string of the molecule is COC(=O)N[C@@H](C(=O)N[C@H](c1nc(-c2ccc(-c3ccc(-c4cn(C)c([C@@H](NC(=O)CC(C)C)C(C)C)n4)cc3)cc2)cn1C)C(C)C)C(C)C. The number of ether oxygens (including phenoxy) is 1. The zero-order chi connectivity index (χ0) is 37.6. The Labute approximate surface area is 302 Å². The number of carbonyl (C=O) groups excluding carboxylic acids is 3. The van der Waals surface area contributed by atoms with E-state index in [0.29, 0.717) is 12.3 Å². The molecule has 0 aliphatic rings. The van der Waals surface area contributed by atoms with Gasteiger partial charge in [-0.05, 0) is 34.8 Å². The average Bonchev–Trinajstić information content (AvgIpc) is 3.66. The van der Waals surface area contributed by atoms with Crippen molar-refractivity contribution in [3.05, 3.63) is 72.6 Å². The third kappa shape index (κ3) is 9.65.